The van der Waals surface area contributed by atoms with Crippen LogP contribution in [-0.2, 0) is 4.79 Å². The van der Waals surface area contributed by atoms with Gasteiger partial charge < -0.3 is 9.73 Å². The Labute approximate surface area is 132 Å². The highest BCUT2D eigenvalue weighted by Crippen LogP contribution is 2.31. The molecule has 2 atom stereocenters. The summed E-state index contributed by atoms with van der Waals surface area (Å²) in [6.45, 7) is 1.86. The highest BCUT2D eigenvalue weighted by Gasteiger charge is 2.28. The molecule has 3 rings (SSSR count). The van der Waals surface area contributed by atoms with E-state index in [0.717, 1.165) is 27.8 Å². The number of halogens is 1. The summed E-state index contributed by atoms with van der Waals surface area (Å²) in [4.78, 5) is 13.1. The summed E-state index contributed by atoms with van der Waals surface area (Å²) in [6, 6.07) is 7.44. The number of carbonyl (C=O) groups is 1. The Balaban J connectivity index is 1.74. The van der Waals surface area contributed by atoms with E-state index in [1.165, 1.54) is 11.3 Å². The van der Waals surface area contributed by atoms with Crippen LogP contribution in [0.1, 0.15) is 36.4 Å². The van der Waals surface area contributed by atoms with Crippen molar-refractivity contribution in [3.05, 3.63) is 45.5 Å². The van der Waals surface area contributed by atoms with E-state index in [0.29, 0.717) is 6.04 Å². The van der Waals surface area contributed by atoms with E-state index < -0.39 is 0 Å². The molecule has 0 aliphatic heterocycles. The van der Waals surface area contributed by atoms with E-state index in [1.807, 2.05) is 31.2 Å². The van der Waals surface area contributed by atoms with Gasteiger partial charge in [0.15, 0.2) is 0 Å². The van der Waals surface area contributed by atoms with E-state index >= 15 is 0 Å². The fourth-order valence-corrected chi connectivity index (χ4v) is 3.25. The summed E-state index contributed by atoms with van der Waals surface area (Å²) >= 11 is 7.51. The van der Waals surface area contributed by atoms with Gasteiger partial charge in [-0.3, -0.25) is 10.1 Å². The summed E-state index contributed by atoms with van der Waals surface area (Å²) in [7, 11) is 0. The number of thiophene rings is 1. The molecule has 0 aromatic carbocycles. The predicted molar refractivity (Wildman–Crippen MR) is 83.6 cm³/mol. The zero-order chi connectivity index (χ0) is 14.8. The van der Waals surface area contributed by atoms with Crippen molar-refractivity contribution in [2.45, 2.75) is 37.9 Å². The van der Waals surface area contributed by atoms with Crippen LogP contribution in [0.5, 0.6) is 0 Å². The van der Waals surface area contributed by atoms with Crippen LogP contribution in [0.25, 0.3) is 0 Å². The summed E-state index contributed by atoms with van der Waals surface area (Å²) in [5.41, 5.74) is 0. The van der Waals surface area contributed by atoms with Gasteiger partial charge in [0.2, 0.25) is 5.91 Å². The lowest BCUT2D eigenvalue weighted by Crippen LogP contribution is -2.44. The largest absolute Gasteiger partial charge is 0.467 e. The molecule has 2 unspecified atom stereocenters. The van der Waals surface area contributed by atoms with Gasteiger partial charge in [-0.25, -0.2) is 0 Å². The fraction of sp³-hybridized carbons (Fsp3) is 0.400. The second-order valence-electron chi connectivity index (χ2n) is 5.26. The van der Waals surface area contributed by atoms with Crippen molar-refractivity contribution in [2.75, 3.05) is 0 Å². The average Bonchev–Trinajstić information content (AvgIpc) is 2.94. The van der Waals surface area contributed by atoms with Crippen LogP contribution in [0, 0.1) is 0 Å². The van der Waals surface area contributed by atoms with Gasteiger partial charge in [0.1, 0.15) is 11.8 Å². The third-order valence-electron chi connectivity index (χ3n) is 3.44. The summed E-state index contributed by atoms with van der Waals surface area (Å²) < 4.78 is 6.22. The van der Waals surface area contributed by atoms with Crippen molar-refractivity contribution >= 4 is 28.8 Å². The first kappa shape index (κ1) is 14.6. The molecule has 6 heteroatoms. The Morgan fingerprint density at radius 2 is 2.24 bits per heavy atom. The molecule has 1 aliphatic carbocycles. The molecular weight excluding hydrogens is 308 g/mol. The minimum Gasteiger partial charge on any atom is -0.467 e. The van der Waals surface area contributed by atoms with Gasteiger partial charge in [-0.2, -0.15) is 0 Å². The van der Waals surface area contributed by atoms with Crippen LogP contribution in [0.15, 0.2) is 34.9 Å². The minimum absolute atomic E-state index is 0.0247. The van der Waals surface area contributed by atoms with E-state index in [1.54, 1.807) is 6.26 Å². The lowest BCUT2D eigenvalue weighted by atomic mass is 10.1. The van der Waals surface area contributed by atoms with Crippen LogP contribution in [0.4, 0.5) is 0 Å². The number of nitrogens with one attached hydrogen (secondary N) is 2. The molecule has 2 N–H and O–H groups in total. The van der Waals surface area contributed by atoms with Gasteiger partial charge in [0.25, 0.3) is 0 Å². The molecule has 2 heterocycles. The highest BCUT2D eigenvalue weighted by molar-refractivity contribution is 7.16. The molecular formula is C15H17ClN2O2S. The number of hydrogen-bond acceptors (Lipinski definition) is 4. The van der Waals surface area contributed by atoms with Crippen LogP contribution in [-0.4, -0.2) is 18.0 Å². The van der Waals surface area contributed by atoms with Gasteiger partial charge in [0, 0.05) is 10.9 Å². The van der Waals surface area contributed by atoms with Crippen LogP contribution in [0.3, 0.4) is 0 Å². The molecule has 4 nitrogen and oxygen atoms in total. The van der Waals surface area contributed by atoms with Crippen LogP contribution in [0.2, 0.25) is 4.34 Å². The summed E-state index contributed by atoms with van der Waals surface area (Å²) in [5.74, 6) is 0.802. The first-order chi connectivity index (χ1) is 10.1. The third kappa shape index (κ3) is 3.67. The molecule has 0 bridgehead atoms. The van der Waals surface area contributed by atoms with Crippen molar-refractivity contribution in [1.82, 2.24) is 10.6 Å². The Bertz CT molecular complexity index is 607. The molecule has 0 saturated heterocycles. The SMILES string of the molecule is CC(NC(c1ccco1)c1ccc(Cl)s1)C(=O)NC1CC1. The molecule has 1 saturated carbocycles. The molecule has 1 amide bonds. The maximum absolute atomic E-state index is 12.1. The molecule has 1 aliphatic rings. The topological polar surface area (TPSA) is 54.3 Å². The lowest BCUT2D eigenvalue weighted by Gasteiger charge is -2.20. The number of amides is 1. The minimum atomic E-state index is -0.304. The smallest absolute Gasteiger partial charge is 0.237 e. The predicted octanol–water partition coefficient (Wildman–Crippen LogP) is 3.34. The van der Waals surface area contributed by atoms with E-state index in [2.05, 4.69) is 10.6 Å². The van der Waals surface area contributed by atoms with Crippen molar-refractivity contribution < 1.29 is 9.21 Å². The summed E-state index contributed by atoms with van der Waals surface area (Å²) in [6.07, 6.45) is 3.80. The monoisotopic (exact) mass is 324 g/mol. The fourth-order valence-electron chi connectivity index (χ4n) is 2.12. The van der Waals surface area contributed by atoms with Gasteiger partial charge >= 0.3 is 0 Å². The van der Waals surface area contributed by atoms with Crippen LogP contribution >= 0.6 is 22.9 Å². The molecule has 2 aromatic rings. The first-order valence-corrected chi connectivity index (χ1v) is 8.18. The van der Waals surface area contributed by atoms with Crippen molar-refractivity contribution in [2.24, 2.45) is 0 Å². The number of furan rings is 1. The highest BCUT2D eigenvalue weighted by atomic mass is 35.5. The quantitative estimate of drug-likeness (QED) is 0.857. The second-order valence-corrected chi connectivity index (χ2v) is 7.01. The standard InChI is InChI=1S/C15H17ClN2O2S/c1-9(15(19)18-10-4-5-10)17-14(11-3-2-8-20-11)12-6-7-13(16)21-12/h2-3,6-10,14,17H,4-5H2,1H3,(H,18,19). The lowest BCUT2D eigenvalue weighted by molar-refractivity contribution is -0.123. The van der Waals surface area contributed by atoms with Gasteiger partial charge in [-0.1, -0.05) is 11.6 Å². The first-order valence-electron chi connectivity index (χ1n) is 6.98. The number of carbonyl (C=O) groups excluding carboxylic acids is 1. The van der Waals surface area contributed by atoms with Crippen molar-refractivity contribution in [3.63, 3.8) is 0 Å². The maximum atomic E-state index is 12.1. The van der Waals surface area contributed by atoms with Crippen molar-refractivity contribution in [3.8, 4) is 0 Å². The van der Waals surface area contributed by atoms with E-state index in [4.69, 9.17) is 16.0 Å². The maximum Gasteiger partial charge on any atom is 0.237 e. The zero-order valence-electron chi connectivity index (χ0n) is 11.6. The molecule has 2 aromatic heterocycles. The second kappa shape index (κ2) is 6.22. The Morgan fingerprint density at radius 1 is 1.43 bits per heavy atom. The molecule has 21 heavy (non-hydrogen) atoms. The van der Waals surface area contributed by atoms with Gasteiger partial charge in [-0.15, -0.1) is 11.3 Å². The molecule has 112 valence electrons. The Morgan fingerprint density at radius 3 is 2.81 bits per heavy atom. The Hall–Kier alpha value is -1.30. The normalized spacial score (nSPS) is 17.4. The number of hydrogen-bond donors (Lipinski definition) is 2. The average molecular weight is 325 g/mol. The van der Waals surface area contributed by atoms with Crippen LogP contribution < -0.4 is 10.6 Å². The van der Waals surface area contributed by atoms with Gasteiger partial charge in [-0.05, 0) is 44.0 Å². The summed E-state index contributed by atoms with van der Waals surface area (Å²) in [5, 5.41) is 6.33. The van der Waals surface area contributed by atoms with E-state index in [-0.39, 0.29) is 18.0 Å². The number of rotatable bonds is 6. The van der Waals surface area contributed by atoms with Gasteiger partial charge in [0.05, 0.1) is 16.6 Å². The molecule has 1 fully saturated rings. The zero-order valence-corrected chi connectivity index (χ0v) is 13.2. The Kier molecular flexibility index (Phi) is 4.33. The molecule has 0 radical (unpaired) electrons. The van der Waals surface area contributed by atoms with Crippen molar-refractivity contribution in [1.29, 1.82) is 0 Å². The third-order valence-corrected chi connectivity index (χ3v) is 4.74. The molecule has 0 spiro atoms. The van der Waals surface area contributed by atoms with E-state index in [9.17, 15) is 4.79 Å².